The monoisotopic (exact) mass is 399 g/mol. The average molecular weight is 399 g/mol. The summed E-state index contributed by atoms with van der Waals surface area (Å²) in [5.41, 5.74) is 6.13. The van der Waals surface area contributed by atoms with Crippen LogP contribution in [0.1, 0.15) is 29.5 Å². The topological polar surface area (TPSA) is 118 Å². The number of aryl methyl sites for hydroxylation is 1. The van der Waals surface area contributed by atoms with Crippen molar-refractivity contribution in [3.8, 4) is 0 Å². The Morgan fingerprint density at radius 3 is 2.59 bits per heavy atom. The summed E-state index contributed by atoms with van der Waals surface area (Å²) in [6, 6.07) is 10.5. The van der Waals surface area contributed by atoms with Crippen molar-refractivity contribution in [3.05, 3.63) is 54.0 Å². The van der Waals surface area contributed by atoms with Crippen LogP contribution in [0, 0.1) is 5.92 Å². The smallest absolute Gasteiger partial charge is 0.311 e. The van der Waals surface area contributed by atoms with Crippen LogP contribution in [0.25, 0.3) is 0 Å². The van der Waals surface area contributed by atoms with Crippen LogP contribution >= 0.6 is 0 Å². The van der Waals surface area contributed by atoms with E-state index in [1.165, 1.54) is 23.3 Å². The number of amides is 3. The molecule has 9 heteroatoms. The number of nitrogens with zero attached hydrogens (tertiary/aromatic N) is 1. The molecule has 1 aromatic carbocycles. The molecule has 0 radical (unpaired) electrons. The van der Waals surface area contributed by atoms with Gasteiger partial charge in [-0.25, -0.2) is 0 Å². The molecule has 0 spiro atoms. The summed E-state index contributed by atoms with van der Waals surface area (Å²) in [6.45, 7) is 1.66. The van der Waals surface area contributed by atoms with Crippen LogP contribution in [0.2, 0.25) is 0 Å². The number of hydrazine groups is 1. The first-order chi connectivity index (χ1) is 14.0. The van der Waals surface area contributed by atoms with Gasteiger partial charge in [-0.1, -0.05) is 19.1 Å². The van der Waals surface area contributed by atoms with Crippen LogP contribution in [0.3, 0.4) is 0 Å². The Kier molecular flexibility index (Phi) is 6.28. The van der Waals surface area contributed by atoms with Crippen molar-refractivity contribution in [1.82, 2.24) is 10.9 Å². The highest BCUT2D eigenvalue weighted by Crippen LogP contribution is 2.26. The first-order valence-corrected chi connectivity index (χ1v) is 9.16. The minimum absolute atomic E-state index is 0.0191. The molecule has 1 aliphatic rings. The summed E-state index contributed by atoms with van der Waals surface area (Å²) in [5, 5.41) is 0. The standard InChI is InChI=1S/C20H21N3O6/c1-2-13-5-7-15(8-6-13)23-11-14(10-18(23)25)20(27)29-12-17(24)21-22-19(26)16-4-3-9-28-16/h3-9,14H,2,10-12H2,1H3,(H,21,24)(H,22,26)/t14-/m0/s1. The van der Waals surface area contributed by atoms with Crippen molar-refractivity contribution in [2.45, 2.75) is 19.8 Å². The molecular formula is C20H21N3O6. The fraction of sp³-hybridized carbons (Fsp3) is 0.300. The second-order valence-electron chi connectivity index (χ2n) is 6.51. The third kappa shape index (κ3) is 5.01. The lowest BCUT2D eigenvalue weighted by Gasteiger charge is -2.17. The molecule has 3 rings (SSSR count). The number of ether oxygens (including phenoxy) is 1. The summed E-state index contributed by atoms with van der Waals surface area (Å²) in [4.78, 5) is 49.4. The maximum Gasteiger partial charge on any atom is 0.311 e. The Labute approximate surface area is 167 Å². The highest BCUT2D eigenvalue weighted by Gasteiger charge is 2.36. The van der Waals surface area contributed by atoms with E-state index in [2.05, 4.69) is 10.9 Å². The molecule has 0 bridgehead atoms. The number of nitrogens with one attached hydrogen (secondary N) is 2. The third-order valence-electron chi connectivity index (χ3n) is 4.52. The molecule has 1 fully saturated rings. The zero-order valence-electron chi connectivity index (χ0n) is 15.8. The van der Waals surface area contributed by atoms with Gasteiger partial charge in [0.1, 0.15) is 0 Å². The number of carbonyl (C=O) groups excluding carboxylic acids is 4. The number of hydrogen-bond acceptors (Lipinski definition) is 6. The summed E-state index contributed by atoms with van der Waals surface area (Å²) in [5.74, 6) is -2.79. The van der Waals surface area contributed by atoms with Crippen LogP contribution in [0.15, 0.2) is 47.1 Å². The first kappa shape index (κ1) is 20.1. The van der Waals surface area contributed by atoms with Crippen LogP contribution in [-0.4, -0.2) is 36.8 Å². The molecule has 29 heavy (non-hydrogen) atoms. The number of furan rings is 1. The number of carbonyl (C=O) groups is 4. The summed E-state index contributed by atoms with van der Waals surface area (Å²) in [6.07, 6.45) is 2.24. The third-order valence-corrected chi connectivity index (χ3v) is 4.52. The molecule has 1 saturated heterocycles. The Bertz CT molecular complexity index is 891. The van der Waals surface area contributed by atoms with E-state index in [1.807, 2.05) is 31.2 Å². The lowest BCUT2D eigenvalue weighted by atomic mass is 10.1. The molecule has 2 aromatic rings. The van der Waals surface area contributed by atoms with Crippen molar-refractivity contribution < 1.29 is 28.3 Å². The van der Waals surface area contributed by atoms with Crippen molar-refractivity contribution in [2.75, 3.05) is 18.1 Å². The maximum atomic E-state index is 12.3. The second-order valence-corrected chi connectivity index (χ2v) is 6.51. The lowest BCUT2D eigenvalue weighted by molar-refractivity contribution is -0.152. The number of hydrogen-bond donors (Lipinski definition) is 2. The van der Waals surface area contributed by atoms with E-state index in [1.54, 1.807) is 0 Å². The van der Waals surface area contributed by atoms with Gasteiger partial charge in [0.15, 0.2) is 12.4 Å². The molecule has 3 amide bonds. The molecule has 0 unspecified atom stereocenters. The van der Waals surface area contributed by atoms with Crippen molar-refractivity contribution in [2.24, 2.45) is 5.92 Å². The molecule has 0 saturated carbocycles. The van der Waals surface area contributed by atoms with E-state index in [4.69, 9.17) is 9.15 Å². The zero-order chi connectivity index (χ0) is 20.8. The molecule has 9 nitrogen and oxygen atoms in total. The predicted octanol–water partition coefficient (Wildman–Crippen LogP) is 1.20. The average Bonchev–Trinajstić information content (AvgIpc) is 3.40. The van der Waals surface area contributed by atoms with Gasteiger partial charge < -0.3 is 14.1 Å². The van der Waals surface area contributed by atoms with Gasteiger partial charge in [0.2, 0.25) is 5.91 Å². The van der Waals surface area contributed by atoms with E-state index in [-0.39, 0.29) is 24.6 Å². The zero-order valence-corrected chi connectivity index (χ0v) is 15.8. The molecular weight excluding hydrogens is 378 g/mol. The van der Waals surface area contributed by atoms with Gasteiger partial charge in [-0.3, -0.25) is 30.0 Å². The van der Waals surface area contributed by atoms with Gasteiger partial charge in [0.05, 0.1) is 12.2 Å². The van der Waals surface area contributed by atoms with E-state index < -0.39 is 30.3 Å². The van der Waals surface area contributed by atoms with Gasteiger partial charge in [-0.15, -0.1) is 0 Å². The van der Waals surface area contributed by atoms with Crippen LogP contribution in [-0.2, 0) is 25.5 Å². The van der Waals surface area contributed by atoms with E-state index in [0.29, 0.717) is 0 Å². The molecule has 152 valence electrons. The minimum Gasteiger partial charge on any atom is -0.459 e. The quantitative estimate of drug-likeness (QED) is 0.557. The van der Waals surface area contributed by atoms with Crippen LogP contribution in [0.5, 0.6) is 0 Å². The van der Waals surface area contributed by atoms with Crippen molar-refractivity contribution in [1.29, 1.82) is 0 Å². The van der Waals surface area contributed by atoms with Gasteiger partial charge >= 0.3 is 11.9 Å². The second kappa shape index (κ2) is 9.05. The molecule has 1 atom stereocenters. The Morgan fingerprint density at radius 2 is 1.93 bits per heavy atom. The Balaban J connectivity index is 1.45. The maximum absolute atomic E-state index is 12.3. The molecule has 2 N–H and O–H groups in total. The Hall–Kier alpha value is -3.62. The van der Waals surface area contributed by atoms with E-state index in [0.717, 1.165) is 17.7 Å². The summed E-state index contributed by atoms with van der Waals surface area (Å²) >= 11 is 0. The normalized spacial score (nSPS) is 15.8. The summed E-state index contributed by atoms with van der Waals surface area (Å²) in [7, 11) is 0. The predicted molar refractivity (Wildman–Crippen MR) is 102 cm³/mol. The highest BCUT2D eigenvalue weighted by atomic mass is 16.5. The molecule has 1 aliphatic heterocycles. The molecule has 1 aromatic heterocycles. The van der Waals surface area contributed by atoms with Crippen molar-refractivity contribution in [3.63, 3.8) is 0 Å². The van der Waals surface area contributed by atoms with Gasteiger partial charge in [0, 0.05) is 18.7 Å². The number of esters is 1. The Morgan fingerprint density at radius 1 is 1.17 bits per heavy atom. The van der Waals surface area contributed by atoms with Gasteiger partial charge in [0.25, 0.3) is 5.91 Å². The number of anilines is 1. The van der Waals surface area contributed by atoms with Crippen LogP contribution < -0.4 is 15.8 Å². The van der Waals surface area contributed by atoms with Gasteiger partial charge in [-0.05, 0) is 36.2 Å². The number of rotatable bonds is 6. The molecule has 2 heterocycles. The fourth-order valence-corrected chi connectivity index (χ4v) is 2.91. The highest BCUT2D eigenvalue weighted by molar-refractivity contribution is 5.99. The SMILES string of the molecule is CCc1ccc(N2C[C@@H](C(=O)OCC(=O)NNC(=O)c3ccco3)CC2=O)cc1. The minimum atomic E-state index is -0.713. The van der Waals surface area contributed by atoms with Crippen molar-refractivity contribution >= 4 is 29.4 Å². The largest absolute Gasteiger partial charge is 0.459 e. The number of benzene rings is 1. The van der Waals surface area contributed by atoms with Gasteiger partial charge in [-0.2, -0.15) is 0 Å². The summed E-state index contributed by atoms with van der Waals surface area (Å²) < 4.78 is 9.85. The van der Waals surface area contributed by atoms with E-state index >= 15 is 0 Å². The fourth-order valence-electron chi connectivity index (χ4n) is 2.91. The first-order valence-electron chi connectivity index (χ1n) is 9.16. The van der Waals surface area contributed by atoms with Crippen LogP contribution in [0.4, 0.5) is 5.69 Å². The van der Waals surface area contributed by atoms with E-state index in [9.17, 15) is 19.2 Å². The lowest BCUT2D eigenvalue weighted by Crippen LogP contribution is -2.43. The molecule has 0 aliphatic carbocycles.